The first-order chi connectivity index (χ1) is 12.9. The number of benzene rings is 1. The van der Waals surface area contributed by atoms with Crippen molar-refractivity contribution in [3.05, 3.63) is 52.7 Å². The maximum atomic E-state index is 12.0. The zero-order valence-electron chi connectivity index (χ0n) is 14.0. The number of thiophene rings is 1. The second-order valence-electron chi connectivity index (χ2n) is 5.10. The molecule has 9 nitrogen and oxygen atoms in total. The predicted octanol–water partition coefficient (Wildman–Crippen LogP) is 0.421. The summed E-state index contributed by atoms with van der Waals surface area (Å²) in [4.78, 5) is 35.2. The van der Waals surface area contributed by atoms with Gasteiger partial charge in [0.2, 0.25) is 10.0 Å². The zero-order chi connectivity index (χ0) is 19.7. The van der Waals surface area contributed by atoms with Gasteiger partial charge in [-0.05, 0) is 23.6 Å². The Labute approximate surface area is 159 Å². The van der Waals surface area contributed by atoms with E-state index >= 15 is 0 Å². The monoisotopic (exact) mass is 411 g/mol. The van der Waals surface area contributed by atoms with Crippen molar-refractivity contribution < 1.29 is 27.5 Å². The highest BCUT2D eigenvalue weighted by atomic mass is 32.2. The van der Waals surface area contributed by atoms with Crippen molar-refractivity contribution in [3.8, 4) is 0 Å². The van der Waals surface area contributed by atoms with E-state index in [4.69, 9.17) is 4.74 Å². The molecule has 2 amide bonds. The lowest BCUT2D eigenvalue weighted by atomic mass is 10.4. The summed E-state index contributed by atoms with van der Waals surface area (Å²) in [6, 6.07) is 11.0. The molecule has 0 saturated heterocycles. The molecule has 3 N–H and O–H groups in total. The van der Waals surface area contributed by atoms with Crippen LogP contribution in [0.15, 0.2) is 52.7 Å². The normalized spacial score (nSPS) is 10.8. The minimum Gasteiger partial charge on any atom is -0.455 e. The van der Waals surface area contributed by atoms with Gasteiger partial charge < -0.3 is 4.74 Å². The Bertz CT molecular complexity index is 882. The molecule has 11 heteroatoms. The molecule has 0 aliphatic carbocycles. The summed E-state index contributed by atoms with van der Waals surface area (Å²) < 4.78 is 30.9. The third kappa shape index (κ3) is 6.81. The lowest BCUT2D eigenvalue weighted by Gasteiger charge is -2.08. The summed E-state index contributed by atoms with van der Waals surface area (Å²) in [6.45, 7) is -0.776. The molecule has 0 unspecified atom stereocenters. The van der Waals surface area contributed by atoms with Gasteiger partial charge in [0, 0.05) is 6.54 Å². The third-order valence-corrected chi connectivity index (χ3v) is 5.44. The van der Waals surface area contributed by atoms with Gasteiger partial charge in [0.1, 0.15) is 0 Å². The fraction of sp³-hybridized carbons (Fsp3) is 0.188. The number of esters is 1. The van der Waals surface area contributed by atoms with E-state index in [0.29, 0.717) is 4.88 Å². The second-order valence-corrected chi connectivity index (χ2v) is 7.82. The second kappa shape index (κ2) is 9.80. The third-order valence-electron chi connectivity index (χ3n) is 3.10. The Morgan fingerprint density at radius 2 is 1.74 bits per heavy atom. The van der Waals surface area contributed by atoms with Gasteiger partial charge in [0.25, 0.3) is 11.8 Å². The van der Waals surface area contributed by atoms with Crippen molar-refractivity contribution in [3.63, 3.8) is 0 Å². The number of amides is 2. The maximum Gasteiger partial charge on any atom is 0.307 e. The van der Waals surface area contributed by atoms with Gasteiger partial charge in [-0.1, -0.05) is 24.3 Å². The van der Waals surface area contributed by atoms with Crippen LogP contribution < -0.4 is 15.6 Å². The molecule has 2 rings (SSSR count). The molecule has 27 heavy (non-hydrogen) atoms. The molecule has 1 aromatic heterocycles. The van der Waals surface area contributed by atoms with E-state index in [1.807, 2.05) is 0 Å². The Hall–Kier alpha value is -2.76. The average Bonchev–Trinajstić information content (AvgIpc) is 3.20. The topological polar surface area (TPSA) is 131 Å². The fourth-order valence-electron chi connectivity index (χ4n) is 1.82. The zero-order valence-corrected chi connectivity index (χ0v) is 15.6. The fourth-order valence-corrected chi connectivity index (χ4v) is 3.49. The van der Waals surface area contributed by atoms with Crippen LogP contribution in [0.2, 0.25) is 0 Å². The van der Waals surface area contributed by atoms with E-state index in [9.17, 15) is 22.8 Å². The number of hydrogen-bond donors (Lipinski definition) is 3. The number of rotatable bonds is 8. The number of nitrogens with one attached hydrogen (secondary N) is 3. The van der Waals surface area contributed by atoms with Crippen molar-refractivity contribution >= 4 is 39.1 Å². The van der Waals surface area contributed by atoms with Crippen LogP contribution in [-0.2, 0) is 24.3 Å². The smallest absolute Gasteiger partial charge is 0.307 e. The molecule has 0 aliphatic heterocycles. The van der Waals surface area contributed by atoms with Crippen molar-refractivity contribution in [1.29, 1.82) is 0 Å². The average molecular weight is 411 g/mol. The molecule has 2 aromatic rings. The molecule has 0 aliphatic rings. The number of carbonyl (C=O) groups excluding carboxylic acids is 3. The van der Waals surface area contributed by atoms with E-state index in [1.54, 1.807) is 35.7 Å². The molecule has 1 heterocycles. The summed E-state index contributed by atoms with van der Waals surface area (Å²) >= 11 is 1.21. The lowest BCUT2D eigenvalue weighted by molar-refractivity contribution is -0.148. The van der Waals surface area contributed by atoms with Gasteiger partial charge in [-0.25, -0.2) is 13.1 Å². The largest absolute Gasteiger partial charge is 0.455 e. The van der Waals surface area contributed by atoms with Gasteiger partial charge in [0.05, 0.1) is 16.2 Å². The van der Waals surface area contributed by atoms with Crippen LogP contribution >= 0.6 is 11.3 Å². The van der Waals surface area contributed by atoms with Crippen molar-refractivity contribution in [2.75, 3.05) is 13.2 Å². The van der Waals surface area contributed by atoms with E-state index in [-0.39, 0.29) is 17.9 Å². The number of sulfonamides is 1. The summed E-state index contributed by atoms with van der Waals surface area (Å²) in [5, 5.41) is 1.71. The maximum absolute atomic E-state index is 12.0. The minimum atomic E-state index is -3.71. The van der Waals surface area contributed by atoms with Crippen molar-refractivity contribution in [2.45, 2.75) is 11.3 Å². The Morgan fingerprint density at radius 1 is 1.00 bits per heavy atom. The van der Waals surface area contributed by atoms with Crippen LogP contribution in [0.25, 0.3) is 0 Å². The number of carbonyl (C=O) groups is 3. The van der Waals surface area contributed by atoms with E-state index in [0.717, 1.165) is 0 Å². The molecular weight excluding hydrogens is 394 g/mol. The van der Waals surface area contributed by atoms with Crippen LogP contribution in [0, 0.1) is 0 Å². The molecule has 0 fully saturated rings. The first-order valence-electron chi connectivity index (χ1n) is 7.71. The number of hydrogen-bond acceptors (Lipinski definition) is 7. The summed E-state index contributed by atoms with van der Waals surface area (Å²) in [5.41, 5.74) is 4.29. The first-order valence-corrected chi connectivity index (χ1v) is 10.1. The number of hydrazine groups is 1. The molecule has 0 spiro atoms. The molecule has 144 valence electrons. The molecule has 1 aromatic carbocycles. The van der Waals surface area contributed by atoms with Crippen molar-refractivity contribution in [2.24, 2.45) is 0 Å². The number of ether oxygens (including phenoxy) is 1. The Balaban J connectivity index is 1.64. The van der Waals surface area contributed by atoms with E-state index in [1.165, 1.54) is 23.5 Å². The van der Waals surface area contributed by atoms with Gasteiger partial charge in [0.15, 0.2) is 6.61 Å². The Morgan fingerprint density at radius 3 is 2.41 bits per heavy atom. The molecule has 0 bridgehead atoms. The van der Waals surface area contributed by atoms with Gasteiger partial charge in [-0.3, -0.25) is 25.2 Å². The minimum absolute atomic E-state index is 0.0826. The lowest BCUT2D eigenvalue weighted by Crippen LogP contribution is -2.43. The van der Waals surface area contributed by atoms with Crippen LogP contribution in [0.4, 0.5) is 0 Å². The van der Waals surface area contributed by atoms with Crippen molar-refractivity contribution in [1.82, 2.24) is 15.6 Å². The van der Waals surface area contributed by atoms with Crippen LogP contribution in [-0.4, -0.2) is 39.4 Å². The summed E-state index contributed by atoms with van der Waals surface area (Å²) in [7, 11) is -3.71. The summed E-state index contributed by atoms with van der Waals surface area (Å²) in [6.07, 6.45) is -0.249. The van der Waals surface area contributed by atoms with E-state index < -0.39 is 34.4 Å². The summed E-state index contributed by atoms with van der Waals surface area (Å²) in [5.74, 6) is -1.97. The molecule has 0 saturated carbocycles. The highest BCUT2D eigenvalue weighted by molar-refractivity contribution is 7.89. The predicted molar refractivity (Wildman–Crippen MR) is 97.1 cm³/mol. The highest BCUT2D eigenvalue weighted by Gasteiger charge is 2.14. The van der Waals surface area contributed by atoms with Crippen LogP contribution in [0.1, 0.15) is 16.1 Å². The van der Waals surface area contributed by atoms with E-state index in [2.05, 4.69) is 15.6 Å². The first kappa shape index (κ1) is 20.6. The van der Waals surface area contributed by atoms with Gasteiger partial charge in [-0.15, -0.1) is 11.3 Å². The Kier molecular flexibility index (Phi) is 7.46. The SMILES string of the molecule is O=C(COC(=O)CCNS(=O)(=O)c1ccccc1)NNC(=O)c1cccs1. The van der Waals surface area contributed by atoms with Crippen LogP contribution in [0.3, 0.4) is 0 Å². The quantitative estimate of drug-likeness (QED) is 0.426. The highest BCUT2D eigenvalue weighted by Crippen LogP contribution is 2.07. The standard InChI is InChI=1S/C16H17N3O6S2/c20-14(18-19-16(22)13-7-4-10-26-13)11-25-15(21)8-9-17-27(23,24)12-5-2-1-3-6-12/h1-7,10,17H,8-9,11H2,(H,18,20)(H,19,22). The molecule has 0 radical (unpaired) electrons. The molecule has 0 atom stereocenters. The molecular formula is C16H17N3O6S2. The van der Waals surface area contributed by atoms with Crippen LogP contribution in [0.5, 0.6) is 0 Å². The van der Waals surface area contributed by atoms with Gasteiger partial charge >= 0.3 is 5.97 Å². The van der Waals surface area contributed by atoms with Gasteiger partial charge in [-0.2, -0.15) is 0 Å².